The zero-order valence-corrected chi connectivity index (χ0v) is 44.0. The van der Waals surface area contributed by atoms with Gasteiger partial charge in [-0.15, -0.1) is 0 Å². The second-order valence-corrected chi connectivity index (χ2v) is 20.9. The Morgan fingerprint density at radius 1 is 0.409 bits per heavy atom. The number of nitrogens with two attached hydrogens (primary N) is 1. The van der Waals surface area contributed by atoms with Crippen molar-refractivity contribution in [3.63, 3.8) is 0 Å². The maximum absolute atomic E-state index is 12.7. The van der Waals surface area contributed by atoms with Gasteiger partial charge in [0.25, 0.3) is 0 Å². The van der Waals surface area contributed by atoms with Crippen LogP contribution in [0.1, 0.15) is 296 Å². The maximum atomic E-state index is 12.7. The number of hydrogen-bond donors (Lipinski definition) is 3. The molecule has 0 aromatic rings. The molecule has 66 heavy (non-hydrogen) atoms. The van der Waals surface area contributed by atoms with Gasteiger partial charge in [0.2, 0.25) is 0 Å². The van der Waals surface area contributed by atoms with Crippen molar-refractivity contribution in [3.05, 3.63) is 0 Å². The first kappa shape index (κ1) is 64.5. The summed E-state index contributed by atoms with van der Waals surface area (Å²) >= 11 is 0. The number of phosphoric acid groups is 1. The van der Waals surface area contributed by atoms with Crippen LogP contribution in [0.4, 0.5) is 0 Å². The molecule has 3 atom stereocenters. The highest BCUT2D eigenvalue weighted by molar-refractivity contribution is 7.47. The minimum absolute atomic E-state index is 0.170. The van der Waals surface area contributed by atoms with Gasteiger partial charge in [-0.3, -0.25) is 23.4 Å². The molecule has 0 rings (SSSR count). The predicted molar refractivity (Wildman–Crippen MR) is 273 cm³/mol. The average Bonchev–Trinajstić information content (AvgIpc) is 3.30. The van der Waals surface area contributed by atoms with Crippen molar-refractivity contribution in [1.29, 1.82) is 0 Å². The number of ether oxygens (including phenoxy) is 2. The highest BCUT2D eigenvalue weighted by Crippen LogP contribution is 2.43. The fourth-order valence-electron chi connectivity index (χ4n) is 8.48. The van der Waals surface area contributed by atoms with Crippen LogP contribution in [0.15, 0.2) is 0 Å². The molecule has 0 saturated heterocycles. The zero-order valence-electron chi connectivity index (χ0n) is 43.1. The number of rotatable bonds is 54. The third-order valence-corrected chi connectivity index (χ3v) is 13.8. The normalized spacial score (nSPS) is 13.4. The number of phosphoric ester groups is 1. The molecule has 0 saturated carbocycles. The van der Waals surface area contributed by atoms with Crippen LogP contribution < -0.4 is 5.73 Å². The van der Waals surface area contributed by atoms with Crippen LogP contribution in [-0.2, 0) is 37.5 Å². The summed E-state index contributed by atoms with van der Waals surface area (Å²) in [5.74, 6) is -2.35. The van der Waals surface area contributed by atoms with Gasteiger partial charge >= 0.3 is 25.7 Å². The van der Waals surface area contributed by atoms with Crippen molar-refractivity contribution >= 4 is 25.7 Å². The van der Waals surface area contributed by atoms with Crippen molar-refractivity contribution in [2.75, 3.05) is 19.8 Å². The molecule has 0 spiro atoms. The smallest absolute Gasteiger partial charge is 0.472 e. The van der Waals surface area contributed by atoms with E-state index in [1.54, 1.807) is 0 Å². The fraction of sp³-hybridized carbons (Fsp3) is 0.944. The molecule has 0 heterocycles. The summed E-state index contributed by atoms with van der Waals surface area (Å²) in [7, 11) is -4.72. The molecule has 0 amide bonds. The second-order valence-electron chi connectivity index (χ2n) is 19.4. The van der Waals surface area contributed by atoms with Crippen molar-refractivity contribution in [2.45, 2.75) is 309 Å². The quantitative estimate of drug-likeness (QED) is 0.0301. The van der Waals surface area contributed by atoms with Crippen molar-refractivity contribution in [1.82, 2.24) is 0 Å². The van der Waals surface area contributed by atoms with E-state index >= 15 is 0 Å². The first-order valence-corrected chi connectivity index (χ1v) is 29.6. The standard InChI is InChI=1S/C54H106NO10P/c1-3-5-7-9-11-13-15-17-19-21-23-25-27-29-31-33-35-37-39-41-43-45-52(56)62-47-50(48-63-66(60,61)64-49-51(55)54(58)59)65-53(57)46-44-42-40-38-36-34-32-30-28-26-24-22-20-18-16-14-12-10-8-6-4-2/h50-51H,3-49,55H2,1-2H3,(H,58,59)(H,60,61). The lowest BCUT2D eigenvalue weighted by atomic mass is 10.0. The van der Waals surface area contributed by atoms with Gasteiger partial charge in [0.05, 0.1) is 13.2 Å². The number of carbonyl (C=O) groups is 3. The lowest BCUT2D eigenvalue weighted by molar-refractivity contribution is -0.161. The van der Waals surface area contributed by atoms with Gasteiger partial charge in [-0.25, -0.2) is 4.57 Å². The van der Waals surface area contributed by atoms with Crippen molar-refractivity contribution < 1.29 is 47.5 Å². The lowest BCUT2D eigenvalue weighted by Gasteiger charge is -2.20. The first-order chi connectivity index (χ1) is 32.1. The third-order valence-electron chi connectivity index (χ3n) is 12.9. The maximum Gasteiger partial charge on any atom is 0.472 e. The molecule has 0 aliphatic carbocycles. The van der Waals surface area contributed by atoms with Crippen molar-refractivity contribution in [2.24, 2.45) is 5.73 Å². The Balaban J connectivity index is 4.13. The SMILES string of the molecule is CCCCCCCCCCCCCCCCCCCCCCCC(=O)OCC(COP(=O)(O)OCC(N)C(=O)O)OC(=O)CCCCCCCCCCCCCCCCCCCCCCC. The minimum atomic E-state index is -4.72. The highest BCUT2D eigenvalue weighted by Gasteiger charge is 2.28. The van der Waals surface area contributed by atoms with Crippen LogP contribution in [0, 0.1) is 0 Å². The summed E-state index contributed by atoms with van der Waals surface area (Å²) in [6.07, 6.45) is 53.1. The van der Waals surface area contributed by atoms with Gasteiger partial charge in [0.15, 0.2) is 6.10 Å². The van der Waals surface area contributed by atoms with Gasteiger partial charge in [-0.1, -0.05) is 271 Å². The van der Waals surface area contributed by atoms with Crippen LogP contribution in [0.25, 0.3) is 0 Å². The molecule has 12 heteroatoms. The van der Waals surface area contributed by atoms with Crippen LogP contribution >= 0.6 is 7.82 Å². The van der Waals surface area contributed by atoms with E-state index in [2.05, 4.69) is 13.8 Å². The van der Waals surface area contributed by atoms with Gasteiger partial charge in [-0.2, -0.15) is 0 Å². The number of carboxylic acid groups (broad SMARTS) is 1. The summed E-state index contributed by atoms with van der Waals surface area (Å²) in [4.78, 5) is 46.3. The Bertz CT molecular complexity index is 1130. The minimum Gasteiger partial charge on any atom is -0.480 e. The summed E-state index contributed by atoms with van der Waals surface area (Å²) < 4.78 is 32.9. The topological polar surface area (TPSA) is 172 Å². The summed E-state index contributed by atoms with van der Waals surface area (Å²) in [5, 5.41) is 8.94. The first-order valence-electron chi connectivity index (χ1n) is 28.1. The van der Waals surface area contributed by atoms with E-state index < -0.39 is 51.1 Å². The van der Waals surface area contributed by atoms with E-state index in [-0.39, 0.29) is 19.4 Å². The van der Waals surface area contributed by atoms with Gasteiger partial charge in [-0.05, 0) is 12.8 Å². The van der Waals surface area contributed by atoms with Gasteiger partial charge < -0.3 is 25.2 Å². The Labute approximate surface area is 405 Å². The fourth-order valence-corrected chi connectivity index (χ4v) is 9.26. The monoisotopic (exact) mass is 960 g/mol. The summed E-state index contributed by atoms with van der Waals surface area (Å²) in [6, 6.07) is -1.52. The van der Waals surface area contributed by atoms with E-state index in [0.29, 0.717) is 12.8 Å². The molecule has 0 fully saturated rings. The molecule has 3 unspecified atom stereocenters. The van der Waals surface area contributed by atoms with Gasteiger partial charge in [0.1, 0.15) is 12.6 Å². The van der Waals surface area contributed by atoms with Crippen LogP contribution in [-0.4, -0.2) is 59.9 Å². The lowest BCUT2D eigenvalue weighted by Crippen LogP contribution is -2.34. The van der Waals surface area contributed by atoms with E-state index in [1.807, 2.05) is 0 Å². The number of carboxylic acids is 1. The Morgan fingerprint density at radius 3 is 0.955 bits per heavy atom. The second kappa shape index (κ2) is 49.9. The molecule has 392 valence electrons. The van der Waals surface area contributed by atoms with E-state index in [0.717, 1.165) is 38.5 Å². The van der Waals surface area contributed by atoms with Crippen LogP contribution in [0.5, 0.6) is 0 Å². The third kappa shape index (κ3) is 48.9. The Morgan fingerprint density at radius 2 is 0.667 bits per heavy atom. The number of esters is 2. The largest absolute Gasteiger partial charge is 0.480 e. The number of carbonyl (C=O) groups excluding carboxylic acids is 2. The summed E-state index contributed by atoms with van der Waals surface area (Å²) in [5.41, 5.74) is 5.36. The molecule has 0 aromatic carbocycles. The number of unbranched alkanes of at least 4 members (excludes halogenated alkanes) is 40. The highest BCUT2D eigenvalue weighted by atomic mass is 31.2. The zero-order chi connectivity index (χ0) is 48.4. The molecule has 0 aromatic heterocycles. The van der Waals surface area contributed by atoms with E-state index in [1.165, 1.54) is 218 Å². The summed E-state index contributed by atoms with van der Waals surface area (Å²) in [6.45, 7) is 2.89. The van der Waals surface area contributed by atoms with Crippen LogP contribution in [0.3, 0.4) is 0 Å². The van der Waals surface area contributed by atoms with E-state index in [4.69, 9.17) is 29.4 Å². The predicted octanol–water partition coefficient (Wildman–Crippen LogP) is 16.2. The molecule has 0 aliphatic rings. The molecular formula is C54H106NO10P. The average molecular weight is 960 g/mol. The molecule has 4 N–H and O–H groups in total. The van der Waals surface area contributed by atoms with Crippen molar-refractivity contribution in [3.8, 4) is 0 Å². The molecular weight excluding hydrogens is 854 g/mol. The van der Waals surface area contributed by atoms with E-state index in [9.17, 15) is 23.8 Å². The molecule has 0 aliphatic heterocycles. The Hall–Kier alpha value is -1.52. The molecule has 11 nitrogen and oxygen atoms in total. The molecule has 0 radical (unpaired) electrons. The van der Waals surface area contributed by atoms with Gasteiger partial charge in [0, 0.05) is 12.8 Å². The Kier molecular flexibility index (Phi) is 48.7. The number of aliphatic carboxylic acids is 1. The van der Waals surface area contributed by atoms with Crippen LogP contribution in [0.2, 0.25) is 0 Å². The number of hydrogen-bond acceptors (Lipinski definition) is 9. The molecule has 0 bridgehead atoms.